The molecule has 0 fully saturated rings. The molecule has 3 aromatic rings. The van der Waals surface area contributed by atoms with Gasteiger partial charge in [0.05, 0.1) is 17.6 Å². The van der Waals surface area contributed by atoms with E-state index in [2.05, 4.69) is 4.98 Å². The van der Waals surface area contributed by atoms with Gasteiger partial charge >= 0.3 is 5.97 Å². The number of carbonyl (C=O) groups excluding carboxylic acids is 1. The summed E-state index contributed by atoms with van der Waals surface area (Å²) < 4.78 is 4.76. The average molecular weight is 379 g/mol. The molecule has 0 aliphatic rings. The number of halogens is 2. The summed E-state index contributed by atoms with van der Waals surface area (Å²) in [6, 6.07) is 12.7. The predicted molar refractivity (Wildman–Crippen MR) is 101 cm³/mol. The molecule has 0 bridgehead atoms. The minimum atomic E-state index is -0.645. The summed E-state index contributed by atoms with van der Waals surface area (Å²) >= 11 is 6.37. The normalized spacial score (nSPS) is 10.4. The van der Waals surface area contributed by atoms with Gasteiger partial charge < -0.3 is 15.5 Å². The van der Waals surface area contributed by atoms with Gasteiger partial charge in [-0.05, 0) is 17.7 Å². The number of aromatic amines is 1. The van der Waals surface area contributed by atoms with E-state index in [1.807, 2.05) is 30.3 Å². The second-order valence-corrected chi connectivity index (χ2v) is 5.62. The Kier molecular flexibility index (Phi) is 5.85. The molecule has 3 N–H and O–H groups in total. The lowest BCUT2D eigenvalue weighted by Gasteiger charge is -2.13. The first-order valence-corrected chi connectivity index (χ1v) is 7.67. The Balaban J connectivity index is 0.00000225. The quantitative estimate of drug-likeness (QED) is 0.682. The fourth-order valence-corrected chi connectivity index (χ4v) is 3.00. The molecule has 0 amide bonds. The zero-order valence-corrected chi connectivity index (χ0v) is 14.9. The topological polar surface area (TPSA) is 85.2 Å². The molecular formula is C18H16Cl2N2O3. The summed E-state index contributed by atoms with van der Waals surface area (Å²) in [5.41, 5.74) is 7.57. The highest BCUT2D eigenvalue weighted by atomic mass is 35.5. The second kappa shape index (κ2) is 7.70. The van der Waals surface area contributed by atoms with Crippen LogP contribution in [0.15, 0.2) is 47.3 Å². The molecule has 130 valence electrons. The van der Waals surface area contributed by atoms with E-state index in [0.717, 1.165) is 5.56 Å². The molecule has 25 heavy (non-hydrogen) atoms. The van der Waals surface area contributed by atoms with Gasteiger partial charge in [-0.3, -0.25) is 4.79 Å². The van der Waals surface area contributed by atoms with Crippen molar-refractivity contribution in [3.63, 3.8) is 0 Å². The van der Waals surface area contributed by atoms with Crippen molar-refractivity contribution in [3.05, 3.63) is 69.0 Å². The Bertz CT molecular complexity index is 985. The Morgan fingerprint density at radius 2 is 1.88 bits per heavy atom. The van der Waals surface area contributed by atoms with Crippen LogP contribution in [0.4, 0.5) is 0 Å². The Labute approximate surface area is 155 Å². The molecule has 0 aliphatic carbocycles. The maximum atomic E-state index is 12.7. The summed E-state index contributed by atoms with van der Waals surface area (Å²) in [6.07, 6.45) is 0. The first-order valence-electron chi connectivity index (χ1n) is 7.29. The van der Waals surface area contributed by atoms with Crippen LogP contribution in [-0.4, -0.2) is 18.1 Å². The molecular weight excluding hydrogens is 363 g/mol. The zero-order valence-electron chi connectivity index (χ0n) is 13.3. The van der Waals surface area contributed by atoms with Gasteiger partial charge in [-0.2, -0.15) is 0 Å². The fourth-order valence-electron chi connectivity index (χ4n) is 2.73. The third-order valence-corrected chi connectivity index (χ3v) is 4.20. The number of fused-ring (bicyclic) bond motifs is 1. The lowest BCUT2D eigenvalue weighted by molar-refractivity contribution is 0.0593. The van der Waals surface area contributed by atoms with Gasteiger partial charge in [0.15, 0.2) is 5.43 Å². The number of benzene rings is 2. The van der Waals surface area contributed by atoms with Crippen LogP contribution >= 0.6 is 24.0 Å². The van der Waals surface area contributed by atoms with Crippen LogP contribution in [0, 0.1) is 0 Å². The van der Waals surface area contributed by atoms with E-state index in [1.54, 1.807) is 12.1 Å². The van der Waals surface area contributed by atoms with Crippen LogP contribution < -0.4 is 11.2 Å². The average Bonchev–Trinajstić information content (AvgIpc) is 2.61. The maximum Gasteiger partial charge on any atom is 0.354 e. The Morgan fingerprint density at radius 1 is 1.20 bits per heavy atom. The molecule has 2 aromatic carbocycles. The van der Waals surface area contributed by atoms with E-state index in [-0.39, 0.29) is 35.6 Å². The van der Waals surface area contributed by atoms with Crippen molar-refractivity contribution in [3.8, 4) is 11.1 Å². The van der Waals surface area contributed by atoms with Crippen LogP contribution in [0.25, 0.3) is 22.0 Å². The Hall–Kier alpha value is -2.34. The van der Waals surface area contributed by atoms with Crippen molar-refractivity contribution in [2.24, 2.45) is 5.73 Å². The number of nitrogens with two attached hydrogens (primary N) is 1. The number of hydrogen-bond donors (Lipinski definition) is 2. The summed E-state index contributed by atoms with van der Waals surface area (Å²) in [5.74, 6) is -0.645. The second-order valence-electron chi connectivity index (χ2n) is 5.21. The molecule has 0 saturated heterocycles. The van der Waals surface area contributed by atoms with E-state index >= 15 is 0 Å². The largest absolute Gasteiger partial charge is 0.464 e. The number of rotatable bonds is 3. The van der Waals surface area contributed by atoms with Gasteiger partial charge in [0, 0.05) is 23.1 Å². The summed E-state index contributed by atoms with van der Waals surface area (Å²) in [4.78, 5) is 27.8. The molecule has 1 aromatic heterocycles. The van der Waals surface area contributed by atoms with Crippen molar-refractivity contribution < 1.29 is 9.53 Å². The van der Waals surface area contributed by atoms with Crippen molar-refractivity contribution in [1.82, 2.24) is 4.98 Å². The highest BCUT2D eigenvalue weighted by Crippen LogP contribution is 2.33. The first kappa shape index (κ1) is 19.0. The number of aromatic nitrogens is 1. The molecule has 7 heteroatoms. The molecule has 3 rings (SSSR count). The van der Waals surface area contributed by atoms with Gasteiger partial charge in [-0.15, -0.1) is 12.4 Å². The highest BCUT2D eigenvalue weighted by molar-refractivity contribution is 6.35. The monoisotopic (exact) mass is 378 g/mol. The number of esters is 1. The van der Waals surface area contributed by atoms with E-state index in [4.69, 9.17) is 22.1 Å². The van der Waals surface area contributed by atoms with Crippen LogP contribution in [0.5, 0.6) is 0 Å². The fraction of sp³-hybridized carbons (Fsp3) is 0.111. The van der Waals surface area contributed by atoms with Crippen molar-refractivity contribution >= 4 is 40.9 Å². The van der Waals surface area contributed by atoms with Crippen molar-refractivity contribution in [2.75, 3.05) is 7.11 Å². The lowest BCUT2D eigenvalue weighted by atomic mass is 9.99. The molecule has 0 aliphatic heterocycles. The maximum absolute atomic E-state index is 12.7. The highest BCUT2D eigenvalue weighted by Gasteiger charge is 2.20. The smallest absolute Gasteiger partial charge is 0.354 e. The number of hydrogen-bond acceptors (Lipinski definition) is 4. The minimum Gasteiger partial charge on any atom is -0.464 e. The number of methoxy groups -OCH3 is 1. The van der Waals surface area contributed by atoms with E-state index in [0.29, 0.717) is 21.5 Å². The van der Waals surface area contributed by atoms with E-state index in [1.165, 1.54) is 7.11 Å². The first-order chi connectivity index (χ1) is 11.6. The summed E-state index contributed by atoms with van der Waals surface area (Å²) in [6.45, 7) is -0.0704. The lowest BCUT2D eigenvalue weighted by Crippen LogP contribution is -2.22. The third-order valence-electron chi connectivity index (χ3n) is 3.88. The minimum absolute atomic E-state index is 0. The molecule has 5 nitrogen and oxygen atoms in total. The van der Waals surface area contributed by atoms with E-state index < -0.39 is 5.97 Å². The number of carbonyl (C=O) groups is 1. The van der Waals surface area contributed by atoms with Gasteiger partial charge in [0.25, 0.3) is 0 Å². The van der Waals surface area contributed by atoms with E-state index in [9.17, 15) is 9.59 Å². The molecule has 0 radical (unpaired) electrons. The van der Waals surface area contributed by atoms with Crippen molar-refractivity contribution in [1.29, 1.82) is 0 Å². The van der Waals surface area contributed by atoms with Crippen LogP contribution in [0.3, 0.4) is 0 Å². The summed E-state index contributed by atoms with van der Waals surface area (Å²) in [5, 5.41) is 0.895. The van der Waals surface area contributed by atoms with Crippen molar-refractivity contribution in [2.45, 2.75) is 6.54 Å². The standard InChI is InChI=1S/C18H15ClN2O3.ClH/c1-24-18(23)16-12(9-20)17(22)11-7-8-13(19)14(15(11)21-16)10-5-3-2-4-6-10;/h2-8H,9,20H2,1H3,(H,21,22);1H. The molecule has 0 unspecified atom stereocenters. The SMILES string of the molecule is COC(=O)c1[nH]c2c(-c3ccccc3)c(Cl)ccc2c(=O)c1CN.Cl. The van der Waals surface area contributed by atoms with Gasteiger partial charge in [-0.1, -0.05) is 41.9 Å². The van der Waals surface area contributed by atoms with Crippen LogP contribution in [-0.2, 0) is 11.3 Å². The molecule has 0 saturated carbocycles. The molecule has 0 spiro atoms. The number of pyridine rings is 1. The third kappa shape index (κ3) is 3.26. The number of ether oxygens (including phenoxy) is 1. The van der Waals surface area contributed by atoms with Gasteiger partial charge in [0.1, 0.15) is 5.69 Å². The molecule has 0 atom stereocenters. The number of nitrogens with one attached hydrogen (secondary N) is 1. The summed E-state index contributed by atoms with van der Waals surface area (Å²) in [7, 11) is 1.25. The number of H-pyrrole nitrogens is 1. The van der Waals surface area contributed by atoms with Gasteiger partial charge in [-0.25, -0.2) is 4.79 Å². The predicted octanol–water partition coefficient (Wildman–Crippen LogP) is 3.52. The zero-order chi connectivity index (χ0) is 17.3. The van der Waals surface area contributed by atoms with Crippen LogP contribution in [0.1, 0.15) is 16.1 Å². The molecule has 1 heterocycles. The van der Waals surface area contributed by atoms with Crippen LogP contribution in [0.2, 0.25) is 5.02 Å². The van der Waals surface area contributed by atoms with Gasteiger partial charge in [0.2, 0.25) is 0 Å². The Morgan fingerprint density at radius 3 is 2.48 bits per heavy atom.